The second kappa shape index (κ2) is 4.13. The van der Waals surface area contributed by atoms with Crippen molar-refractivity contribution in [1.82, 2.24) is 4.98 Å². The molecule has 0 aliphatic carbocycles. The van der Waals surface area contributed by atoms with Crippen molar-refractivity contribution in [2.45, 2.75) is 19.3 Å². The molecule has 1 aromatic heterocycles. The van der Waals surface area contributed by atoms with Gasteiger partial charge in [0.1, 0.15) is 0 Å². The maximum absolute atomic E-state index is 12.3. The highest BCUT2D eigenvalue weighted by atomic mass is 19.3. The van der Waals surface area contributed by atoms with Crippen LogP contribution in [0.4, 0.5) is 8.78 Å². The molecule has 1 unspecified atom stereocenters. The summed E-state index contributed by atoms with van der Waals surface area (Å²) in [6.45, 7) is 1.30. The highest BCUT2D eigenvalue weighted by Crippen LogP contribution is 2.21. The van der Waals surface area contributed by atoms with Gasteiger partial charge in [-0.2, -0.15) is 0 Å². The van der Waals surface area contributed by atoms with Gasteiger partial charge in [-0.3, -0.25) is 4.98 Å². The topological polar surface area (TPSA) is 50.2 Å². The molecule has 1 atom stereocenters. The first kappa shape index (κ1) is 10.6. The van der Waals surface area contributed by atoms with Gasteiger partial charge in [0.05, 0.1) is 11.5 Å². The van der Waals surface area contributed by atoms with Gasteiger partial charge in [0.25, 0.3) is 0 Å². The lowest BCUT2D eigenvalue weighted by atomic mass is 10.1. The summed E-state index contributed by atoms with van der Waals surface area (Å²) in [6, 6.07) is 2.43. The largest absolute Gasteiger partial charge is 0.478 e. The van der Waals surface area contributed by atoms with Crippen LogP contribution in [0.25, 0.3) is 0 Å². The number of hydrogen-bond acceptors (Lipinski definition) is 2. The Hall–Kier alpha value is -1.52. The van der Waals surface area contributed by atoms with E-state index in [1.165, 1.54) is 25.3 Å². The highest BCUT2D eigenvalue weighted by Gasteiger charge is 2.19. The predicted molar refractivity (Wildman–Crippen MR) is 45.6 cm³/mol. The van der Waals surface area contributed by atoms with Gasteiger partial charge >= 0.3 is 5.97 Å². The van der Waals surface area contributed by atoms with E-state index < -0.39 is 18.3 Å². The normalized spacial score (nSPS) is 12.9. The molecule has 3 nitrogen and oxygen atoms in total. The van der Waals surface area contributed by atoms with Crippen molar-refractivity contribution in [1.29, 1.82) is 0 Å². The molecule has 1 aromatic rings. The summed E-state index contributed by atoms with van der Waals surface area (Å²) in [7, 11) is 0. The minimum absolute atomic E-state index is 0.0255. The molecular formula is C9H9F2NO2. The van der Waals surface area contributed by atoms with Crippen LogP contribution in [0.15, 0.2) is 18.3 Å². The van der Waals surface area contributed by atoms with Crippen LogP contribution in [0.1, 0.15) is 28.9 Å². The Kier molecular flexibility index (Phi) is 3.11. The van der Waals surface area contributed by atoms with Crippen LogP contribution in [0, 0.1) is 0 Å². The summed E-state index contributed by atoms with van der Waals surface area (Å²) in [6.07, 6.45) is -1.32. The predicted octanol–water partition coefficient (Wildman–Crippen LogP) is 2.15. The highest BCUT2D eigenvalue weighted by molar-refractivity contribution is 5.87. The van der Waals surface area contributed by atoms with Gasteiger partial charge in [-0.15, -0.1) is 0 Å². The van der Waals surface area contributed by atoms with E-state index in [4.69, 9.17) is 5.11 Å². The number of nitrogens with zero attached hydrogens (tertiary/aromatic N) is 1. The lowest BCUT2D eigenvalue weighted by Gasteiger charge is -2.09. The number of carboxylic acid groups (broad SMARTS) is 1. The average Bonchev–Trinajstić information content (AvgIpc) is 2.16. The molecule has 5 heteroatoms. The molecule has 0 saturated heterocycles. The van der Waals surface area contributed by atoms with Crippen LogP contribution in [-0.4, -0.2) is 22.5 Å². The van der Waals surface area contributed by atoms with Crippen molar-refractivity contribution < 1.29 is 18.7 Å². The van der Waals surface area contributed by atoms with Gasteiger partial charge in [-0.05, 0) is 12.1 Å². The number of aromatic carboxylic acids is 1. The Labute approximate surface area is 79.4 Å². The quantitative estimate of drug-likeness (QED) is 0.815. The zero-order chi connectivity index (χ0) is 10.7. The number of carboxylic acids is 1. The smallest absolute Gasteiger partial charge is 0.335 e. The minimum Gasteiger partial charge on any atom is -0.478 e. The fourth-order valence-electron chi connectivity index (χ4n) is 0.959. The second-order valence-electron chi connectivity index (χ2n) is 2.90. The monoisotopic (exact) mass is 201 g/mol. The van der Waals surface area contributed by atoms with Gasteiger partial charge in [0, 0.05) is 11.9 Å². The average molecular weight is 201 g/mol. The molecule has 1 rings (SSSR count). The molecule has 0 amide bonds. The number of alkyl halides is 2. The zero-order valence-corrected chi connectivity index (χ0v) is 7.45. The maximum Gasteiger partial charge on any atom is 0.335 e. The van der Waals surface area contributed by atoms with Gasteiger partial charge in [0.15, 0.2) is 0 Å². The summed E-state index contributed by atoms with van der Waals surface area (Å²) < 4.78 is 24.5. The van der Waals surface area contributed by atoms with Crippen LogP contribution in [0.5, 0.6) is 0 Å². The summed E-state index contributed by atoms with van der Waals surface area (Å²) >= 11 is 0. The van der Waals surface area contributed by atoms with Crippen molar-refractivity contribution in [3.8, 4) is 0 Å². The fraction of sp³-hybridized carbons (Fsp3) is 0.333. The van der Waals surface area contributed by atoms with Gasteiger partial charge in [-0.1, -0.05) is 6.92 Å². The Morgan fingerprint density at radius 2 is 2.21 bits per heavy atom. The second-order valence-corrected chi connectivity index (χ2v) is 2.90. The first-order valence-electron chi connectivity index (χ1n) is 3.99. The molecule has 0 radical (unpaired) electrons. The van der Waals surface area contributed by atoms with Crippen LogP contribution < -0.4 is 0 Å². The summed E-state index contributed by atoms with van der Waals surface area (Å²) in [5, 5.41) is 8.61. The van der Waals surface area contributed by atoms with E-state index in [1.54, 1.807) is 0 Å². The van der Waals surface area contributed by atoms with Crippen molar-refractivity contribution in [3.05, 3.63) is 29.6 Å². The lowest BCUT2D eigenvalue weighted by molar-refractivity contribution is 0.0695. The number of pyridine rings is 1. The molecule has 0 bridgehead atoms. The van der Waals surface area contributed by atoms with Crippen LogP contribution >= 0.6 is 0 Å². The number of aromatic nitrogens is 1. The minimum atomic E-state index is -2.54. The van der Waals surface area contributed by atoms with Gasteiger partial charge in [0.2, 0.25) is 6.43 Å². The molecule has 1 heterocycles. The van der Waals surface area contributed by atoms with Crippen molar-refractivity contribution in [2.24, 2.45) is 0 Å². The zero-order valence-electron chi connectivity index (χ0n) is 7.45. The van der Waals surface area contributed by atoms with Crippen molar-refractivity contribution in [2.75, 3.05) is 0 Å². The molecule has 0 fully saturated rings. The third kappa shape index (κ3) is 2.25. The van der Waals surface area contributed by atoms with E-state index >= 15 is 0 Å². The number of carbonyl (C=O) groups is 1. The summed E-state index contributed by atoms with van der Waals surface area (Å²) in [4.78, 5) is 14.2. The van der Waals surface area contributed by atoms with E-state index in [0.29, 0.717) is 0 Å². The molecule has 0 saturated carbocycles. The molecule has 0 aromatic carbocycles. The van der Waals surface area contributed by atoms with Gasteiger partial charge < -0.3 is 5.11 Å². The Balaban J connectivity index is 2.99. The van der Waals surface area contributed by atoms with E-state index in [2.05, 4.69) is 4.98 Å². The summed E-state index contributed by atoms with van der Waals surface area (Å²) in [5.74, 6) is -2.19. The third-order valence-corrected chi connectivity index (χ3v) is 1.87. The van der Waals surface area contributed by atoms with Crippen molar-refractivity contribution >= 4 is 5.97 Å². The van der Waals surface area contributed by atoms with Gasteiger partial charge in [-0.25, -0.2) is 13.6 Å². The van der Waals surface area contributed by atoms with E-state index in [-0.39, 0.29) is 11.3 Å². The van der Waals surface area contributed by atoms with Crippen LogP contribution in [0.2, 0.25) is 0 Å². The Morgan fingerprint density at radius 3 is 2.71 bits per heavy atom. The first-order chi connectivity index (χ1) is 6.52. The maximum atomic E-state index is 12.3. The van der Waals surface area contributed by atoms with E-state index in [9.17, 15) is 13.6 Å². The molecule has 0 aliphatic heterocycles. The molecule has 76 valence electrons. The molecular weight excluding hydrogens is 192 g/mol. The summed E-state index contributed by atoms with van der Waals surface area (Å²) in [5.41, 5.74) is 0.0717. The molecule has 0 aliphatic rings. The standard InChI is InChI=1S/C9H9F2NO2/c1-5(8(10)11)7-4-6(9(13)14)2-3-12-7/h2-5,8H,1H3,(H,13,14). The Bertz CT molecular complexity index is 341. The van der Waals surface area contributed by atoms with Crippen LogP contribution in [0.3, 0.4) is 0 Å². The number of hydrogen-bond donors (Lipinski definition) is 1. The number of halogens is 2. The van der Waals surface area contributed by atoms with Crippen LogP contribution in [-0.2, 0) is 0 Å². The Morgan fingerprint density at radius 1 is 1.57 bits per heavy atom. The first-order valence-corrected chi connectivity index (χ1v) is 3.99. The molecule has 0 spiro atoms. The number of rotatable bonds is 3. The van der Waals surface area contributed by atoms with E-state index in [1.807, 2.05) is 0 Å². The SMILES string of the molecule is CC(c1cc(C(=O)O)ccn1)C(F)F. The van der Waals surface area contributed by atoms with E-state index in [0.717, 1.165) is 0 Å². The fourth-order valence-corrected chi connectivity index (χ4v) is 0.959. The van der Waals surface area contributed by atoms with Crippen molar-refractivity contribution in [3.63, 3.8) is 0 Å². The molecule has 1 N–H and O–H groups in total. The lowest BCUT2D eigenvalue weighted by Crippen LogP contribution is -2.08. The third-order valence-electron chi connectivity index (χ3n) is 1.87. The molecule has 14 heavy (non-hydrogen) atoms.